The van der Waals surface area contributed by atoms with Crippen LogP contribution in [-0.2, 0) is 0 Å². The molecule has 1 nitrogen and oxygen atoms in total. The first-order valence-corrected chi connectivity index (χ1v) is 3.10. The molecule has 0 aliphatic rings. The number of nitrogens with two attached hydrogens (primary N) is 1. The Morgan fingerprint density at radius 1 is 1.56 bits per heavy atom. The predicted octanol–water partition coefficient (Wildman–Crippen LogP) is 1.63. The van der Waals surface area contributed by atoms with Crippen LogP contribution in [0.2, 0.25) is 0 Å². The first kappa shape index (κ1) is 8.82. The van der Waals surface area contributed by atoms with E-state index in [1.807, 2.05) is 0 Å². The van der Waals surface area contributed by atoms with Crippen LogP contribution in [0.4, 0.5) is 8.78 Å². The molecule has 0 fully saturated rings. The fourth-order valence-corrected chi connectivity index (χ4v) is 0.732. The third kappa shape index (κ3) is 2.75. The van der Waals surface area contributed by atoms with Gasteiger partial charge in [0, 0.05) is 12.5 Å². The van der Waals surface area contributed by atoms with Gasteiger partial charge >= 0.3 is 0 Å². The molecule has 0 saturated carbocycles. The van der Waals surface area contributed by atoms with Crippen LogP contribution in [0.5, 0.6) is 0 Å². The monoisotopic (exact) mass is 137 g/mol. The molecule has 0 radical (unpaired) electrons. The van der Waals surface area contributed by atoms with Gasteiger partial charge in [-0.25, -0.2) is 8.78 Å². The second-order valence-electron chi connectivity index (χ2n) is 2.30. The Kier molecular flexibility index (Phi) is 3.04. The van der Waals surface area contributed by atoms with Crippen LogP contribution in [0.1, 0.15) is 20.3 Å². The highest BCUT2D eigenvalue weighted by molar-refractivity contribution is 4.70. The normalized spacial score (nSPS) is 15.7. The molecule has 0 aromatic rings. The van der Waals surface area contributed by atoms with Gasteiger partial charge in [0.2, 0.25) is 5.92 Å². The first-order valence-electron chi connectivity index (χ1n) is 3.10. The first-order chi connectivity index (χ1) is 4.02. The van der Waals surface area contributed by atoms with Gasteiger partial charge in [0.15, 0.2) is 0 Å². The third-order valence-electron chi connectivity index (χ3n) is 1.49. The van der Waals surface area contributed by atoms with Crippen LogP contribution in [-0.4, -0.2) is 12.5 Å². The maximum atomic E-state index is 12.3. The van der Waals surface area contributed by atoms with E-state index in [2.05, 4.69) is 0 Å². The van der Waals surface area contributed by atoms with E-state index in [9.17, 15) is 8.78 Å². The fraction of sp³-hybridized carbons (Fsp3) is 1.00. The summed E-state index contributed by atoms with van der Waals surface area (Å²) >= 11 is 0. The van der Waals surface area contributed by atoms with Crippen LogP contribution in [0.25, 0.3) is 0 Å². The lowest BCUT2D eigenvalue weighted by Crippen LogP contribution is -2.30. The summed E-state index contributed by atoms with van der Waals surface area (Å²) in [6.45, 7) is 2.70. The molecule has 0 bridgehead atoms. The molecule has 56 valence electrons. The Bertz CT molecular complexity index is 73.6. The van der Waals surface area contributed by atoms with Crippen molar-refractivity contribution in [1.82, 2.24) is 0 Å². The van der Waals surface area contributed by atoms with Gasteiger partial charge in [0.05, 0.1) is 0 Å². The SMILES string of the molecule is CCC(CN)C(C)(F)F. The van der Waals surface area contributed by atoms with Gasteiger partial charge in [-0.3, -0.25) is 0 Å². The van der Waals surface area contributed by atoms with Crippen LogP contribution >= 0.6 is 0 Å². The highest BCUT2D eigenvalue weighted by Crippen LogP contribution is 2.24. The quantitative estimate of drug-likeness (QED) is 0.628. The van der Waals surface area contributed by atoms with Crippen molar-refractivity contribution in [2.24, 2.45) is 11.7 Å². The summed E-state index contributed by atoms with van der Waals surface area (Å²) in [5.74, 6) is -3.26. The zero-order valence-corrected chi connectivity index (χ0v) is 5.82. The van der Waals surface area contributed by atoms with Crippen molar-refractivity contribution in [2.45, 2.75) is 26.2 Å². The van der Waals surface area contributed by atoms with Crippen LogP contribution in [0.15, 0.2) is 0 Å². The van der Waals surface area contributed by atoms with Gasteiger partial charge in [-0.05, 0) is 13.3 Å². The summed E-state index contributed by atoms with van der Waals surface area (Å²) in [6.07, 6.45) is 0.444. The van der Waals surface area contributed by atoms with E-state index in [4.69, 9.17) is 5.73 Å². The largest absolute Gasteiger partial charge is 0.330 e. The lowest BCUT2D eigenvalue weighted by atomic mass is 10.0. The average molecular weight is 137 g/mol. The molecular formula is C6H13F2N. The molecule has 3 heteroatoms. The lowest BCUT2D eigenvalue weighted by molar-refractivity contribution is -0.0371. The van der Waals surface area contributed by atoms with E-state index in [-0.39, 0.29) is 6.54 Å². The topological polar surface area (TPSA) is 26.0 Å². The maximum absolute atomic E-state index is 12.3. The van der Waals surface area contributed by atoms with Crippen molar-refractivity contribution >= 4 is 0 Å². The van der Waals surface area contributed by atoms with Gasteiger partial charge in [-0.1, -0.05) is 6.92 Å². The van der Waals surface area contributed by atoms with Crippen molar-refractivity contribution < 1.29 is 8.78 Å². The Morgan fingerprint density at radius 3 is 2.00 bits per heavy atom. The summed E-state index contributed by atoms with van der Waals surface area (Å²) in [5, 5.41) is 0. The summed E-state index contributed by atoms with van der Waals surface area (Å²) in [5.41, 5.74) is 5.09. The van der Waals surface area contributed by atoms with Crippen LogP contribution < -0.4 is 5.73 Å². The molecule has 1 unspecified atom stereocenters. The Morgan fingerprint density at radius 2 is 2.00 bits per heavy atom. The predicted molar refractivity (Wildman–Crippen MR) is 33.5 cm³/mol. The van der Waals surface area contributed by atoms with Gasteiger partial charge in [-0.15, -0.1) is 0 Å². The molecule has 2 N–H and O–H groups in total. The molecule has 0 heterocycles. The molecule has 0 spiro atoms. The number of alkyl halides is 2. The van der Waals surface area contributed by atoms with Gasteiger partial charge in [0.25, 0.3) is 0 Å². The van der Waals surface area contributed by atoms with E-state index in [0.717, 1.165) is 6.92 Å². The maximum Gasteiger partial charge on any atom is 0.249 e. The Hall–Kier alpha value is -0.180. The summed E-state index contributed by atoms with van der Waals surface area (Å²) in [6, 6.07) is 0. The second-order valence-corrected chi connectivity index (χ2v) is 2.30. The summed E-state index contributed by atoms with van der Waals surface area (Å²) < 4.78 is 24.6. The molecule has 0 amide bonds. The van der Waals surface area contributed by atoms with Crippen LogP contribution in [0.3, 0.4) is 0 Å². The van der Waals surface area contributed by atoms with Crippen LogP contribution in [0, 0.1) is 5.92 Å². The number of hydrogen-bond acceptors (Lipinski definition) is 1. The highest BCUT2D eigenvalue weighted by atomic mass is 19.3. The minimum atomic E-state index is -2.61. The van der Waals surface area contributed by atoms with Crippen molar-refractivity contribution in [2.75, 3.05) is 6.54 Å². The second kappa shape index (κ2) is 3.11. The Labute approximate surface area is 54.2 Å². The van der Waals surface area contributed by atoms with Crippen molar-refractivity contribution in [3.05, 3.63) is 0 Å². The summed E-state index contributed by atoms with van der Waals surface area (Å²) in [7, 11) is 0. The fourth-order valence-electron chi connectivity index (χ4n) is 0.732. The van der Waals surface area contributed by atoms with Gasteiger partial charge in [0.1, 0.15) is 0 Å². The minimum Gasteiger partial charge on any atom is -0.330 e. The third-order valence-corrected chi connectivity index (χ3v) is 1.49. The van der Waals surface area contributed by atoms with Gasteiger partial charge < -0.3 is 5.73 Å². The number of hydrogen-bond donors (Lipinski definition) is 1. The number of rotatable bonds is 3. The molecule has 1 atom stereocenters. The molecule has 0 saturated heterocycles. The minimum absolute atomic E-state index is 0.0694. The smallest absolute Gasteiger partial charge is 0.249 e. The molecule has 0 rings (SSSR count). The summed E-state index contributed by atoms with van der Waals surface area (Å²) in [4.78, 5) is 0. The molecule has 0 aliphatic carbocycles. The van der Waals surface area contributed by atoms with Crippen molar-refractivity contribution in [3.8, 4) is 0 Å². The molecule has 9 heavy (non-hydrogen) atoms. The van der Waals surface area contributed by atoms with E-state index < -0.39 is 11.8 Å². The molecule has 0 aromatic heterocycles. The van der Waals surface area contributed by atoms with Crippen molar-refractivity contribution in [1.29, 1.82) is 0 Å². The van der Waals surface area contributed by atoms with Crippen molar-refractivity contribution in [3.63, 3.8) is 0 Å². The molecule has 0 aliphatic heterocycles. The zero-order valence-electron chi connectivity index (χ0n) is 5.82. The Balaban J connectivity index is 3.79. The molecule has 0 aromatic carbocycles. The lowest BCUT2D eigenvalue weighted by Gasteiger charge is -2.19. The van der Waals surface area contributed by atoms with E-state index in [0.29, 0.717) is 6.42 Å². The number of halogens is 2. The van der Waals surface area contributed by atoms with E-state index >= 15 is 0 Å². The van der Waals surface area contributed by atoms with Gasteiger partial charge in [-0.2, -0.15) is 0 Å². The molecular weight excluding hydrogens is 124 g/mol. The average Bonchev–Trinajstić information content (AvgIpc) is 1.65. The van der Waals surface area contributed by atoms with E-state index in [1.165, 1.54) is 0 Å². The highest BCUT2D eigenvalue weighted by Gasteiger charge is 2.30. The standard InChI is InChI=1S/C6H13F2N/c1-3-5(4-9)6(2,7)8/h5H,3-4,9H2,1-2H3. The van der Waals surface area contributed by atoms with E-state index in [1.54, 1.807) is 6.92 Å². The zero-order chi connectivity index (χ0) is 7.49.